The second-order valence-electron chi connectivity index (χ2n) is 6.06. The first-order valence-corrected chi connectivity index (χ1v) is 8.37. The van der Waals surface area contributed by atoms with Crippen LogP contribution in [0.3, 0.4) is 0 Å². The van der Waals surface area contributed by atoms with Gasteiger partial charge in [-0.05, 0) is 30.2 Å². The van der Waals surface area contributed by atoms with Crippen LogP contribution >= 0.6 is 0 Å². The normalized spacial score (nSPS) is 11.8. The lowest BCUT2D eigenvalue weighted by Gasteiger charge is -2.18. The number of aromatic nitrogens is 1. The molecule has 0 saturated heterocycles. The standard InChI is InChI=1S/C21H20N2O3/c1-14-7-3-4-8-15(14)13-19(21(25)26-2)23-20(24)17-11-12-22-18-10-6-5-9-16(17)18/h3-12,19H,13H2,1-2H3,(H,23,24)/t19-/m0/s1. The van der Waals surface area contributed by atoms with Crippen molar-refractivity contribution in [3.05, 3.63) is 77.5 Å². The van der Waals surface area contributed by atoms with E-state index in [9.17, 15) is 9.59 Å². The van der Waals surface area contributed by atoms with Crippen LogP contribution in [-0.2, 0) is 16.0 Å². The van der Waals surface area contributed by atoms with Crippen LogP contribution in [0.25, 0.3) is 10.9 Å². The highest BCUT2D eigenvalue weighted by Gasteiger charge is 2.24. The molecule has 0 unspecified atom stereocenters. The Balaban J connectivity index is 1.88. The molecule has 5 heteroatoms. The van der Waals surface area contributed by atoms with Gasteiger partial charge in [-0.25, -0.2) is 4.79 Å². The van der Waals surface area contributed by atoms with E-state index in [1.54, 1.807) is 12.3 Å². The van der Waals surface area contributed by atoms with E-state index in [1.807, 2.05) is 55.5 Å². The highest BCUT2D eigenvalue weighted by atomic mass is 16.5. The molecule has 0 aliphatic rings. The van der Waals surface area contributed by atoms with Crippen molar-refractivity contribution >= 4 is 22.8 Å². The number of methoxy groups -OCH3 is 1. The maximum Gasteiger partial charge on any atom is 0.328 e. The summed E-state index contributed by atoms with van der Waals surface area (Å²) < 4.78 is 4.88. The van der Waals surface area contributed by atoms with Crippen LogP contribution in [0.4, 0.5) is 0 Å². The maximum absolute atomic E-state index is 12.8. The Labute approximate surface area is 152 Å². The molecule has 0 radical (unpaired) electrons. The summed E-state index contributed by atoms with van der Waals surface area (Å²) in [5, 5.41) is 3.55. The largest absolute Gasteiger partial charge is 0.467 e. The molecule has 1 heterocycles. The van der Waals surface area contributed by atoms with Gasteiger partial charge in [-0.15, -0.1) is 0 Å². The Morgan fingerprint density at radius 2 is 1.81 bits per heavy atom. The van der Waals surface area contributed by atoms with Crippen molar-refractivity contribution in [1.82, 2.24) is 10.3 Å². The fourth-order valence-electron chi connectivity index (χ4n) is 2.92. The molecule has 0 aliphatic heterocycles. The quantitative estimate of drug-likeness (QED) is 0.720. The van der Waals surface area contributed by atoms with Gasteiger partial charge in [-0.2, -0.15) is 0 Å². The number of nitrogens with zero attached hydrogens (tertiary/aromatic N) is 1. The molecule has 1 N–H and O–H groups in total. The van der Waals surface area contributed by atoms with Gasteiger partial charge in [0.25, 0.3) is 5.91 Å². The van der Waals surface area contributed by atoms with Crippen LogP contribution < -0.4 is 5.32 Å². The molecule has 3 aromatic rings. The molecule has 0 spiro atoms. The van der Waals surface area contributed by atoms with Gasteiger partial charge in [0.2, 0.25) is 0 Å². The number of fused-ring (bicyclic) bond motifs is 1. The minimum absolute atomic E-state index is 0.326. The molecule has 0 saturated carbocycles. The number of nitrogens with one attached hydrogen (secondary N) is 1. The number of benzene rings is 2. The van der Waals surface area contributed by atoms with Gasteiger partial charge < -0.3 is 10.1 Å². The van der Waals surface area contributed by atoms with Gasteiger partial charge in [0, 0.05) is 18.0 Å². The van der Waals surface area contributed by atoms with E-state index in [0.717, 1.165) is 22.0 Å². The number of hydrogen-bond donors (Lipinski definition) is 1. The van der Waals surface area contributed by atoms with E-state index in [-0.39, 0.29) is 5.91 Å². The van der Waals surface area contributed by atoms with E-state index in [2.05, 4.69) is 10.3 Å². The van der Waals surface area contributed by atoms with E-state index < -0.39 is 12.0 Å². The van der Waals surface area contributed by atoms with Crippen LogP contribution in [0.1, 0.15) is 21.5 Å². The summed E-state index contributed by atoms with van der Waals surface area (Å²) in [4.78, 5) is 29.3. The zero-order valence-electron chi connectivity index (χ0n) is 14.7. The minimum Gasteiger partial charge on any atom is -0.467 e. The summed E-state index contributed by atoms with van der Waals surface area (Å²) in [6.45, 7) is 1.97. The molecule has 3 rings (SSSR count). The molecule has 26 heavy (non-hydrogen) atoms. The number of hydrogen-bond acceptors (Lipinski definition) is 4. The molecule has 1 atom stereocenters. The van der Waals surface area contributed by atoms with E-state index >= 15 is 0 Å². The third-order valence-electron chi connectivity index (χ3n) is 4.37. The maximum atomic E-state index is 12.8. The van der Waals surface area contributed by atoms with Crippen LogP contribution in [0, 0.1) is 6.92 Å². The molecule has 0 bridgehead atoms. The first kappa shape index (κ1) is 17.6. The summed E-state index contributed by atoms with van der Waals surface area (Å²) in [6, 6.07) is 16.1. The van der Waals surface area contributed by atoms with Gasteiger partial charge >= 0.3 is 5.97 Å². The van der Waals surface area contributed by atoms with Gasteiger partial charge in [-0.1, -0.05) is 42.5 Å². The van der Waals surface area contributed by atoms with Crippen molar-refractivity contribution in [2.24, 2.45) is 0 Å². The van der Waals surface area contributed by atoms with Crippen molar-refractivity contribution in [3.8, 4) is 0 Å². The average Bonchev–Trinajstić information content (AvgIpc) is 2.67. The molecule has 132 valence electrons. The zero-order chi connectivity index (χ0) is 18.5. The lowest BCUT2D eigenvalue weighted by molar-refractivity contribution is -0.142. The summed E-state index contributed by atoms with van der Waals surface area (Å²) in [5.41, 5.74) is 3.26. The molecule has 5 nitrogen and oxygen atoms in total. The number of aryl methyl sites for hydroxylation is 1. The van der Waals surface area contributed by atoms with Crippen LogP contribution in [0.5, 0.6) is 0 Å². The number of carbonyl (C=O) groups excluding carboxylic acids is 2. The van der Waals surface area contributed by atoms with Crippen LogP contribution in [-0.4, -0.2) is 30.0 Å². The van der Waals surface area contributed by atoms with Crippen molar-refractivity contribution < 1.29 is 14.3 Å². The summed E-state index contributed by atoms with van der Waals surface area (Å²) in [6.07, 6.45) is 1.96. The highest BCUT2D eigenvalue weighted by Crippen LogP contribution is 2.17. The first-order chi connectivity index (χ1) is 12.6. The van der Waals surface area contributed by atoms with Crippen molar-refractivity contribution in [1.29, 1.82) is 0 Å². The fourth-order valence-corrected chi connectivity index (χ4v) is 2.92. The molecular formula is C21H20N2O3. The number of amides is 1. The van der Waals surface area contributed by atoms with Crippen molar-refractivity contribution in [3.63, 3.8) is 0 Å². The Bertz CT molecular complexity index is 947. The lowest BCUT2D eigenvalue weighted by Crippen LogP contribution is -2.43. The minimum atomic E-state index is -0.763. The molecular weight excluding hydrogens is 328 g/mol. The number of carbonyl (C=O) groups is 2. The smallest absolute Gasteiger partial charge is 0.328 e. The van der Waals surface area contributed by atoms with Crippen molar-refractivity contribution in [2.75, 3.05) is 7.11 Å². The number of pyridine rings is 1. The molecule has 1 aromatic heterocycles. The molecule has 2 aromatic carbocycles. The predicted octanol–water partition coefficient (Wildman–Crippen LogP) is 3.06. The van der Waals surface area contributed by atoms with E-state index in [0.29, 0.717) is 12.0 Å². The van der Waals surface area contributed by atoms with E-state index in [4.69, 9.17) is 4.74 Å². The topological polar surface area (TPSA) is 68.3 Å². The summed E-state index contributed by atoms with van der Waals surface area (Å²) in [7, 11) is 1.32. The van der Waals surface area contributed by atoms with Crippen molar-refractivity contribution in [2.45, 2.75) is 19.4 Å². The zero-order valence-corrected chi connectivity index (χ0v) is 14.7. The molecule has 0 fully saturated rings. The Morgan fingerprint density at radius 1 is 1.08 bits per heavy atom. The SMILES string of the molecule is COC(=O)[C@H](Cc1ccccc1C)NC(=O)c1ccnc2ccccc12. The Kier molecular flexibility index (Phi) is 5.27. The van der Waals surface area contributed by atoms with Gasteiger partial charge in [0.15, 0.2) is 0 Å². The number of esters is 1. The fraction of sp³-hybridized carbons (Fsp3) is 0.190. The second kappa shape index (κ2) is 7.78. The third kappa shape index (κ3) is 3.72. The third-order valence-corrected chi connectivity index (χ3v) is 4.37. The van der Waals surface area contributed by atoms with Crippen LogP contribution in [0.15, 0.2) is 60.8 Å². The van der Waals surface area contributed by atoms with Crippen LogP contribution in [0.2, 0.25) is 0 Å². The number of para-hydroxylation sites is 1. The monoisotopic (exact) mass is 348 g/mol. The molecule has 1 amide bonds. The lowest BCUT2D eigenvalue weighted by atomic mass is 10.0. The second-order valence-corrected chi connectivity index (χ2v) is 6.06. The summed E-state index contributed by atoms with van der Waals surface area (Å²) in [5.74, 6) is -0.799. The van der Waals surface area contributed by atoms with Gasteiger partial charge in [0.05, 0.1) is 18.2 Å². The first-order valence-electron chi connectivity index (χ1n) is 8.37. The number of ether oxygens (including phenoxy) is 1. The van der Waals surface area contributed by atoms with Gasteiger partial charge in [0.1, 0.15) is 6.04 Å². The summed E-state index contributed by atoms with van der Waals surface area (Å²) >= 11 is 0. The molecule has 0 aliphatic carbocycles. The Hall–Kier alpha value is -3.21. The van der Waals surface area contributed by atoms with Gasteiger partial charge in [-0.3, -0.25) is 9.78 Å². The average molecular weight is 348 g/mol. The predicted molar refractivity (Wildman–Crippen MR) is 99.9 cm³/mol. The Morgan fingerprint density at radius 3 is 2.58 bits per heavy atom. The highest BCUT2D eigenvalue weighted by molar-refractivity contribution is 6.07. The van der Waals surface area contributed by atoms with E-state index in [1.165, 1.54) is 7.11 Å². The number of rotatable bonds is 5.